The van der Waals surface area contributed by atoms with Gasteiger partial charge in [-0.15, -0.1) is 11.8 Å². The van der Waals surface area contributed by atoms with Gasteiger partial charge in [-0.3, -0.25) is 4.79 Å². The van der Waals surface area contributed by atoms with Crippen molar-refractivity contribution in [3.8, 4) is 0 Å². The number of amides is 1. The normalized spacial score (nSPS) is 20.1. The Balaban J connectivity index is 1.71. The van der Waals surface area contributed by atoms with Crippen LogP contribution in [0.25, 0.3) is 0 Å². The van der Waals surface area contributed by atoms with Crippen LogP contribution in [0.15, 0.2) is 47.4 Å². The number of thioether (sulfide) groups is 1. The second kappa shape index (κ2) is 7.92. The van der Waals surface area contributed by atoms with Crippen LogP contribution in [0.5, 0.6) is 0 Å². The van der Waals surface area contributed by atoms with Crippen LogP contribution in [-0.4, -0.2) is 27.9 Å². The van der Waals surface area contributed by atoms with Crippen LogP contribution < -0.4 is 0 Å². The number of carbonyl (C=O) groups is 1. The van der Waals surface area contributed by atoms with E-state index in [2.05, 4.69) is 4.98 Å². The third-order valence-corrected chi connectivity index (χ3v) is 5.79. The Bertz CT molecular complexity index is 815. The molecule has 1 fully saturated rings. The van der Waals surface area contributed by atoms with Crippen LogP contribution in [0.2, 0.25) is 0 Å². The predicted octanol–water partition coefficient (Wildman–Crippen LogP) is 5.41. The lowest BCUT2D eigenvalue weighted by atomic mass is 10.2. The van der Waals surface area contributed by atoms with E-state index in [1.165, 1.54) is 17.8 Å². The van der Waals surface area contributed by atoms with Gasteiger partial charge in [0.25, 0.3) is 5.91 Å². The van der Waals surface area contributed by atoms with Crippen LogP contribution in [0.4, 0.5) is 13.2 Å². The number of aromatic nitrogens is 1. The molecule has 27 heavy (non-hydrogen) atoms. The Morgan fingerprint density at radius 1 is 1.15 bits per heavy atom. The van der Waals surface area contributed by atoms with Crippen molar-refractivity contribution in [3.63, 3.8) is 0 Å². The number of carbonyl (C=O) groups excluding carboxylic acids is 1. The fraction of sp³-hybridized carbons (Fsp3) is 0.400. The summed E-state index contributed by atoms with van der Waals surface area (Å²) in [6, 6.07) is 10.9. The third kappa shape index (κ3) is 4.64. The van der Waals surface area contributed by atoms with Gasteiger partial charge in [0.2, 0.25) is 0 Å². The summed E-state index contributed by atoms with van der Waals surface area (Å²) in [4.78, 5) is 19.6. The molecule has 0 N–H and O–H groups in total. The summed E-state index contributed by atoms with van der Waals surface area (Å²) in [6.07, 6.45) is -2.39. The van der Waals surface area contributed by atoms with Gasteiger partial charge in [-0.25, -0.2) is 4.98 Å². The number of pyridine rings is 1. The standard InChI is InChI=1S/C20H21F3N2OS/c1-13-9-10-14(2)25(13)19(26)18-8-4-6-16(24-18)12-27-17-7-3-5-15(11-17)20(21,22)23/h3-8,11,13-14H,9-10,12H2,1-2H3. The molecule has 7 heteroatoms. The van der Waals surface area contributed by atoms with Crippen LogP contribution in [0, 0.1) is 0 Å². The third-order valence-electron chi connectivity index (χ3n) is 4.76. The molecule has 2 aromatic rings. The summed E-state index contributed by atoms with van der Waals surface area (Å²) < 4.78 is 38.5. The second-order valence-corrected chi connectivity index (χ2v) is 7.87. The lowest BCUT2D eigenvalue weighted by molar-refractivity contribution is -0.137. The lowest BCUT2D eigenvalue weighted by Crippen LogP contribution is -2.39. The topological polar surface area (TPSA) is 33.2 Å². The number of benzene rings is 1. The highest BCUT2D eigenvalue weighted by molar-refractivity contribution is 7.98. The maximum atomic E-state index is 12.8. The van der Waals surface area contributed by atoms with Crippen molar-refractivity contribution in [2.75, 3.05) is 0 Å². The highest BCUT2D eigenvalue weighted by atomic mass is 32.2. The van der Waals surface area contributed by atoms with Gasteiger partial charge in [0, 0.05) is 22.7 Å². The second-order valence-electron chi connectivity index (χ2n) is 6.82. The molecule has 1 saturated heterocycles. The van der Waals surface area contributed by atoms with E-state index >= 15 is 0 Å². The SMILES string of the molecule is CC1CCC(C)N1C(=O)c1cccc(CSc2cccc(C(F)(F)F)c2)n1. The molecule has 2 heterocycles. The van der Waals surface area contributed by atoms with Crippen molar-refractivity contribution in [3.05, 3.63) is 59.4 Å². The molecule has 0 bridgehead atoms. The Kier molecular flexibility index (Phi) is 5.79. The molecule has 1 aromatic carbocycles. The highest BCUT2D eigenvalue weighted by Gasteiger charge is 2.32. The molecular formula is C20H21F3N2OS. The summed E-state index contributed by atoms with van der Waals surface area (Å²) in [6.45, 7) is 4.07. The average molecular weight is 394 g/mol. The van der Waals surface area contributed by atoms with Gasteiger partial charge in [0.15, 0.2) is 0 Å². The van der Waals surface area contributed by atoms with E-state index in [0.29, 0.717) is 22.0 Å². The van der Waals surface area contributed by atoms with Gasteiger partial charge in [-0.05, 0) is 57.0 Å². The number of nitrogens with zero attached hydrogens (tertiary/aromatic N) is 2. The van der Waals surface area contributed by atoms with Gasteiger partial charge in [-0.1, -0.05) is 12.1 Å². The highest BCUT2D eigenvalue weighted by Crippen LogP contribution is 2.32. The van der Waals surface area contributed by atoms with E-state index in [-0.39, 0.29) is 18.0 Å². The molecule has 2 unspecified atom stereocenters. The summed E-state index contributed by atoms with van der Waals surface area (Å²) in [5.74, 6) is 0.312. The maximum absolute atomic E-state index is 12.8. The largest absolute Gasteiger partial charge is 0.416 e. The van der Waals surface area contributed by atoms with Gasteiger partial charge in [-0.2, -0.15) is 13.2 Å². The first-order valence-corrected chi connectivity index (χ1v) is 9.83. The predicted molar refractivity (Wildman–Crippen MR) is 99.6 cm³/mol. The molecule has 1 aliphatic rings. The van der Waals surface area contributed by atoms with Crippen LogP contribution >= 0.6 is 11.8 Å². The van der Waals surface area contributed by atoms with E-state index in [1.807, 2.05) is 18.7 Å². The number of rotatable bonds is 4. The molecule has 2 atom stereocenters. The first kappa shape index (κ1) is 19.7. The van der Waals surface area contributed by atoms with Crippen LogP contribution in [0.3, 0.4) is 0 Å². The molecule has 144 valence electrons. The zero-order valence-electron chi connectivity index (χ0n) is 15.2. The molecule has 0 radical (unpaired) electrons. The summed E-state index contributed by atoms with van der Waals surface area (Å²) >= 11 is 1.27. The smallest absolute Gasteiger partial charge is 0.332 e. The fourth-order valence-electron chi connectivity index (χ4n) is 3.33. The number of hydrogen-bond acceptors (Lipinski definition) is 3. The summed E-state index contributed by atoms with van der Waals surface area (Å²) in [5, 5.41) is 0. The molecule has 0 spiro atoms. The fourth-order valence-corrected chi connectivity index (χ4v) is 4.19. The van der Waals surface area contributed by atoms with Crippen LogP contribution in [0.1, 0.15) is 48.4 Å². The molecule has 3 rings (SSSR count). The minimum absolute atomic E-state index is 0.0848. The summed E-state index contributed by atoms with van der Waals surface area (Å²) in [5.41, 5.74) is 0.391. The van der Waals surface area contributed by atoms with Crippen molar-refractivity contribution >= 4 is 17.7 Å². The Morgan fingerprint density at radius 2 is 1.81 bits per heavy atom. The quantitative estimate of drug-likeness (QED) is 0.651. The van der Waals surface area contributed by atoms with Gasteiger partial charge < -0.3 is 4.90 Å². The van der Waals surface area contributed by atoms with Crippen molar-refractivity contribution < 1.29 is 18.0 Å². The van der Waals surface area contributed by atoms with E-state index in [0.717, 1.165) is 25.0 Å². The Labute approximate surface area is 161 Å². The molecule has 1 aromatic heterocycles. The van der Waals surface area contributed by atoms with Gasteiger partial charge in [0.05, 0.1) is 11.3 Å². The molecule has 1 amide bonds. The van der Waals surface area contributed by atoms with Crippen molar-refractivity contribution in [2.24, 2.45) is 0 Å². The Hall–Kier alpha value is -2.02. The lowest BCUT2D eigenvalue weighted by Gasteiger charge is -2.26. The maximum Gasteiger partial charge on any atom is 0.416 e. The number of alkyl halides is 3. The molecule has 0 aliphatic carbocycles. The van der Waals surface area contributed by atoms with Gasteiger partial charge >= 0.3 is 6.18 Å². The van der Waals surface area contributed by atoms with Crippen molar-refractivity contribution in [1.29, 1.82) is 0 Å². The van der Waals surface area contributed by atoms with Crippen LogP contribution in [-0.2, 0) is 11.9 Å². The molecule has 0 saturated carbocycles. The number of halogens is 3. The zero-order chi connectivity index (χ0) is 19.6. The van der Waals surface area contributed by atoms with Crippen molar-refractivity contribution in [1.82, 2.24) is 9.88 Å². The monoisotopic (exact) mass is 394 g/mol. The van der Waals surface area contributed by atoms with Gasteiger partial charge in [0.1, 0.15) is 5.69 Å². The minimum atomic E-state index is -4.36. The molecule has 3 nitrogen and oxygen atoms in total. The zero-order valence-corrected chi connectivity index (χ0v) is 16.0. The van der Waals surface area contributed by atoms with E-state index in [9.17, 15) is 18.0 Å². The van der Waals surface area contributed by atoms with E-state index in [4.69, 9.17) is 0 Å². The van der Waals surface area contributed by atoms with Crippen molar-refractivity contribution in [2.45, 2.75) is 55.6 Å². The molecular weight excluding hydrogens is 373 g/mol. The Morgan fingerprint density at radius 3 is 2.48 bits per heavy atom. The first-order chi connectivity index (χ1) is 12.8. The van der Waals surface area contributed by atoms with E-state index in [1.54, 1.807) is 24.3 Å². The summed E-state index contributed by atoms with van der Waals surface area (Å²) in [7, 11) is 0. The minimum Gasteiger partial charge on any atom is -0.332 e. The van der Waals surface area contributed by atoms with E-state index < -0.39 is 11.7 Å². The first-order valence-electron chi connectivity index (χ1n) is 8.84. The number of hydrogen-bond donors (Lipinski definition) is 0. The number of likely N-dealkylation sites (tertiary alicyclic amines) is 1. The average Bonchev–Trinajstić information content (AvgIpc) is 2.97. The molecule has 1 aliphatic heterocycles.